The molecule has 1 heterocycles. The summed E-state index contributed by atoms with van der Waals surface area (Å²) in [6.45, 7) is 6.72. The standard InChI is InChI=1S/C20H27N3O3S/c1-14(2)9-10-23(13-18(24)22-20-21-12-15(3)27-20)19(25)11-16-5-7-17(26-4)8-6-16/h5-8,12,14H,9-11,13H2,1-4H3,(H,21,22,24). The SMILES string of the molecule is COc1ccc(CC(=O)N(CCC(C)C)CC(=O)Nc2ncc(C)s2)cc1. The fraction of sp³-hybridized carbons (Fsp3) is 0.450. The molecule has 2 amide bonds. The number of carbonyl (C=O) groups is 2. The third kappa shape index (κ3) is 7.02. The molecule has 146 valence electrons. The van der Waals surface area contributed by atoms with Gasteiger partial charge in [0.2, 0.25) is 11.8 Å². The second-order valence-corrected chi connectivity index (χ2v) is 8.08. The van der Waals surface area contributed by atoms with Crippen LogP contribution in [0.3, 0.4) is 0 Å². The molecule has 0 aliphatic heterocycles. The van der Waals surface area contributed by atoms with Gasteiger partial charge in [0, 0.05) is 17.6 Å². The number of aryl methyl sites for hydroxylation is 1. The molecule has 2 aromatic rings. The number of nitrogens with zero attached hydrogens (tertiary/aromatic N) is 2. The Labute approximate surface area is 164 Å². The summed E-state index contributed by atoms with van der Waals surface area (Å²) in [5.74, 6) is 0.911. The highest BCUT2D eigenvalue weighted by molar-refractivity contribution is 7.15. The molecular weight excluding hydrogens is 362 g/mol. The molecule has 0 saturated carbocycles. The van der Waals surface area contributed by atoms with Crippen LogP contribution < -0.4 is 10.1 Å². The lowest BCUT2D eigenvalue weighted by atomic mass is 10.1. The van der Waals surface area contributed by atoms with Gasteiger partial charge in [-0.05, 0) is 37.0 Å². The Morgan fingerprint density at radius 3 is 2.52 bits per heavy atom. The highest BCUT2D eigenvalue weighted by atomic mass is 32.1. The summed E-state index contributed by atoms with van der Waals surface area (Å²) >= 11 is 1.42. The van der Waals surface area contributed by atoms with Gasteiger partial charge in [0.25, 0.3) is 0 Å². The van der Waals surface area contributed by atoms with Crippen LogP contribution in [0.2, 0.25) is 0 Å². The normalized spacial score (nSPS) is 10.7. The maximum atomic E-state index is 12.8. The summed E-state index contributed by atoms with van der Waals surface area (Å²) in [5.41, 5.74) is 0.895. The van der Waals surface area contributed by atoms with E-state index in [1.54, 1.807) is 18.2 Å². The number of hydrogen-bond acceptors (Lipinski definition) is 5. The van der Waals surface area contributed by atoms with Gasteiger partial charge >= 0.3 is 0 Å². The number of thiazole rings is 1. The first-order chi connectivity index (χ1) is 12.9. The van der Waals surface area contributed by atoms with E-state index in [0.717, 1.165) is 22.6 Å². The minimum Gasteiger partial charge on any atom is -0.497 e. The number of amides is 2. The number of anilines is 1. The molecule has 1 N–H and O–H groups in total. The molecule has 7 heteroatoms. The molecule has 1 aromatic carbocycles. The van der Waals surface area contributed by atoms with E-state index in [9.17, 15) is 9.59 Å². The molecule has 6 nitrogen and oxygen atoms in total. The summed E-state index contributed by atoms with van der Waals surface area (Å²) < 4.78 is 5.14. The third-order valence-electron chi connectivity index (χ3n) is 4.05. The number of methoxy groups -OCH3 is 1. The second-order valence-electron chi connectivity index (χ2n) is 6.85. The molecule has 27 heavy (non-hydrogen) atoms. The smallest absolute Gasteiger partial charge is 0.245 e. The van der Waals surface area contributed by atoms with Crippen molar-refractivity contribution in [3.8, 4) is 5.75 Å². The second kappa shape index (κ2) is 10.1. The van der Waals surface area contributed by atoms with E-state index in [1.807, 2.05) is 31.2 Å². The molecule has 2 rings (SSSR count). The van der Waals surface area contributed by atoms with Crippen LogP contribution in [0, 0.1) is 12.8 Å². The van der Waals surface area contributed by atoms with Gasteiger partial charge < -0.3 is 15.0 Å². The predicted octanol–water partition coefficient (Wildman–Crippen LogP) is 3.52. The molecule has 0 radical (unpaired) electrons. The summed E-state index contributed by atoms with van der Waals surface area (Å²) in [6, 6.07) is 7.41. The zero-order valence-corrected chi connectivity index (χ0v) is 17.1. The fourth-order valence-corrected chi connectivity index (χ4v) is 3.16. The number of nitrogens with one attached hydrogen (secondary N) is 1. The van der Waals surface area contributed by atoms with Crippen LogP contribution in [0.5, 0.6) is 5.75 Å². The summed E-state index contributed by atoms with van der Waals surface area (Å²) in [4.78, 5) is 31.9. The van der Waals surface area contributed by atoms with Crippen molar-refractivity contribution in [2.24, 2.45) is 5.92 Å². The van der Waals surface area contributed by atoms with E-state index in [-0.39, 0.29) is 24.8 Å². The number of ether oxygens (including phenoxy) is 1. The quantitative estimate of drug-likeness (QED) is 0.712. The Balaban J connectivity index is 2.00. The van der Waals surface area contributed by atoms with E-state index in [2.05, 4.69) is 24.1 Å². The van der Waals surface area contributed by atoms with Gasteiger partial charge in [-0.3, -0.25) is 9.59 Å². The van der Waals surface area contributed by atoms with Crippen LogP contribution in [-0.4, -0.2) is 41.9 Å². The summed E-state index contributed by atoms with van der Waals surface area (Å²) in [6.07, 6.45) is 2.81. The highest BCUT2D eigenvalue weighted by Crippen LogP contribution is 2.17. The molecule has 0 spiro atoms. The van der Waals surface area contributed by atoms with Crippen molar-refractivity contribution in [3.05, 3.63) is 40.9 Å². The van der Waals surface area contributed by atoms with Gasteiger partial charge in [-0.2, -0.15) is 0 Å². The van der Waals surface area contributed by atoms with Crippen molar-refractivity contribution < 1.29 is 14.3 Å². The highest BCUT2D eigenvalue weighted by Gasteiger charge is 2.18. The molecule has 0 bridgehead atoms. The molecule has 0 unspecified atom stereocenters. The Morgan fingerprint density at radius 2 is 1.96 bits per heavy atom. The Morgan fingerprint density at radius 1 is 1.26 bits per heavy atom. The topological polar surface area (TPSA) is 71.5 Å². The van der Waals surface area contributed by atoms with E-state index >= 15 is 0 Å². The first-order valence-corrected chi connectivity index (χ1v) is 9.82. The van der Waals surface area contributed by atoms with Crippen LogP contribution in [0.15, 0.2) is 30.5 Å². The first-order valence-electron chi connectivity index (χ1n) is 9.00. The number of carbonyl (C=O) groups excluding carboxylic acids is 2. The van der Waals surface area contributed by atoms with Crippen LogP contribution in [0.25, 0.3) is 0 Å². The average molecular weight is 390 g/mol. The minimum absolute atomic E-state index is 0.0281. The molecule has 0 atom stereocenters. The van der Waals surface area contributed by atoms with Crippen LogP contribution in [0.1, 0.15) is 30.7 Å². The van der Waals surface area contributed by atoms with Gasteiger partial charge in [0.15, 0.2) is 5.13 Å². The average Bonchev–Trinajstić information content (AvgIpc) is 3.03. The van der Waals surface area contributed by atoms with E-state index in [0.29, 0.717) is 17.6 Å². The van der Waals surface area contributed by atoms with Crippen molar-refractivity contribution >= 4 is 28.3 Å². The Kier molecular flexibility index (Phi) is 7.79. The lowest BCUT2D eigenvalue weighted by Crippen LogP contribution is -2.39. The Bertz CT molecular complexity index is 756. The van der Waals surface area contributed by atoms with Gasteiger partial charge in [-0.25, -0.2) is 4.98 Å². The van der Waals surface area contributed by atoms with Gasteiger partial charge in [0.05, 0.1) is 20.1 Å². The van der Waals surface area contributed by atoms with Crippen molar-refractivity contribution in [1.29, 1.82) is 0 Å². The monoisotopic (exact) mass is 389 g/mol. The molecule has 1 aromatic heterocycles. The maximum Gasteiger partial charge on any atom is 0.245 e. The zero-order chi connectivity index (χ0) is 19.8. The lowest BCUT2D eigenvalue weighted by Gasteiger charge is -2.23. The maximum absolute atomic E-state index is 12.8. The Hall–Kier alpha value is -2.41. The molecule has 0 aliphatic carbocycles. The number of benzene rings is 1. The van der Waals surface area contributed by atoms with Crippen molar-refractivity contribution in [2.45, 2.75) is 33.6 Å². The van der Waals surface area contributed by atoms with E-state index in [4.69, 9.17) is 4.74 Å². The van der Waals surface area contributed by atoms with Gasteiger partial charge in [-0.1, -0.05) is 26.0 Å². The van der Waals surface area contributed by atoms with Crippen LogP contribution >= 0.6 is 11.3 Å². The molecule has 0 aliphatic rings. The van der Waals surface area contributed by atoms with E-state index < -0.39 is 0 Å². The van der Waals surface area contributed by atoms with Crippen molar-refractivity contribution in [2.75, 3.05) is 25.5 Å². The number of aromatic nitrogens is 1. The lowest BCUT2D eigenvalue weighted by molar-refractivity contribution is -0.134. The zero-order valence-electron chi connectivity index (χ0n) is 16.3. The van der Waals surface area contributed by atoms with Gasteiger partial charge in [0.1, 0.15) is 5.75 Å². The molecule has 0 saturated heterocycles. The number of rotatable bonds is 9. The van der Waals surface area contributed by atoms with Crippen LogP contribution in [0.4, 0.5) is 5.13 Å². The van der Waals surface area contributed by atoms with Crippen molar-refractivity contribution in [1.82, 2.24) is 9.88 Å². The molecule has 0 fully saturated rings. The van der Waals surface area contributed by atoms with Crippen LogP contribution in [-0.2, 0) is 16.0 Å². The number of hydrogen-bond donors (Lipinski definition) is 1. The predicted molar refractivity (Wildman–Crippen MR) is 108 cm³/mol. The van der Waals surface area contributed by atoms with Gasteiger partial charge in [-0.15, -0.1) is 11.3 Å². The summed E-state index contributed by atoms with van der Waals surface area (Å²) in [5, 5.41) is 3.33. The minimum atomic E-state index is -0.226. The fourth-order valence-electron chi connectivity index (χ4n) is 2.48. The first kappa shape index (κ1) is 20.9. The van der Waals surface area contributed by atoms with Crippen molar-refractivity contribution in [3.63, 3.8) is 0 Å². The van der Waals surface area contributed by atoms with E-state index in [1.165, 1.54) is 11.3 Å². The largest absolute Gasteiger partial charge is 0.497 e. The third-order valence-corrected chi connectivity index (χ3v) is 4.87. The summed E-state index contributed by atoms with van der Waals surface area (Å²) in [7, 11) is 1.61. The molecular formula is C20H27N3O3S.